The Bertz CT molecular complexity index is 1020. The van der Waals surface area contributed by atoms with Gasteiger partial charge in [-0.2, -0.15) is 0 Å². The molecule has 0 spiro atoms. The van der Waals surface area contributed by atoms with Gasteiger partial charge in [0.05, 0.1) is 6.42 Å². The number of benzene rings is 2. The molecule has 0 heterocycles. The van der Waals surface area contributed by atoms with Gasteiger partial charge in [0.1, 0.15) is 25.4 Å². The highest BCUT2D eigenvalue weighted by molar-refractivity contribution is 7.52. The van der Waals surface area contributed by atoms with Gasteiger partial charge in [-0.05, 0) is 24.0 Å². The number of amides is 1. The summed E-state index contributed by atoms with van der Waals surface area (Å²) in [6.07, 6.45) is 5.00. The zero-order valence-corrected chi connectivity index (χ0v) is 21.6. The van der Waals surface area contributed by atoms with Crippen LogP contribution in [0, 0.1) is 0 Å². The van der Waals surface area contributed by atoms with Gasteiger partial charge >= 0.3 is 19.5 Å². The van der Waals surface area contributed by atoms with Crippen molar-refractivity contribution >= 4 is 25.4 Å². The first kappa shape index (κ1) is 30.2. The van der Waals surface area contributed by atoms with Gasteiger partial charge in [0, 0.05) is 6.04 Å². The molecule has 1 atom stereocenters. The molecular formula is C26H35N2O8P. The number of esters is 2. The average Bonchev–Trinajstić information content (AvgIpc) is 2.86. The molecule has 2 aromatic rings. The van der Waals surface area contributed by atoms with Gasteiger partial charge in [-0.15, -0.1) is 0 Å². The number of hydrogen-bond donors (Lipinski definition) is 4. The smallest absolute Gasteiger partial charge is 0.334 e. The first-order valence-corrected chi connectivity index (χ1v) is 13.9. The third-order valence-corrected chi connectivity index (χ3v) is 6.16. The molecule has 1 saturated carbocycles. The Morgan fingerprint density at radius 1 is 0.892 bits per heavy atom. The summed E-state index contributed by atoms with van der Waals surface area (Å²) in [7, 11) is -4.64. The van der Waals surface area contributed by atoms with Crippen molar-refractivity contribution in [1.82, 2.24) is 5.32 Å². The molecular weight excluding hydrogens is 499 g/mol. The number of hydrogen-bond acceptors (Lipinski definition) is 7. The molecule has 10 nitrogen and oxygen atoms in total. The Balaban J connectivity index is 0.000000591. The maximum Gasteiger partial charge on any atom is 0.334 e. The van der Waals surface area contributed by atoms with Crippen LogP contribution in [0.2, 0.25) is 0 Å². The van der Waals surface area contributed by atoms with Gasteiger partial charge in [-0.1, -0.05) is 79.9 Å². The lowest BCUT2D eigenvalue weighted by atomic mass is 9.97. The van der Waals surface area contributed by atoms with Crippen LogP contribution in [0.15, 0.2) is 60.7 Å². The van der Waals surface area contributed by atoms with Gasteiger partial charge < -0.3 is 30.3 Å². The van der Waals surface area contributed by atoms with E-state index >= 15 is 0 Å². The highest BCUT2D eigenvalue weighted by Crippen LogP contribution is 2.33. The Hall–Kier alpha value is -3.04. The summed E-state index contributed by atoms with van der Waals surface area (Å²) in [6, 6.07) is 16.7. The maximum absolute atomic E-state index is 12.4. The van der Waals surface area contributed by atoms with Crippen molar-refractivity contribution in [3.05, 3.63) is 71.8 Å². The highest BCUT2D eigenvalue weighted by atomic mass is 31.2. The fourth-order valence-corrected chi connectivity index (χ4v) is 4.01. The van der Waals surface area contributed by atoms with E-state index in [-0.39, 0.29) is 13.2 Å². The van der Waals surface area contributed by atoms with E-state index in [1.54, 1.807) is 60.7 Å². The predicted molar refractivity (Wildman–Crippen MR) is 137 cm³/mol. The molecule has 1 fully saturated rings. The molecule has 37 heavy (non-hydrogen) atoms. The largest absolute Gasteiger partial charge is 0.461 e. The van der Waals surface area contributed by atoms with Gasteiger partial charge in [0.25, 0.3) is 0 Å². The Kier molecular flexibility index (Phi) is 13.0. The van der Waals surface area contributed by atoms with Crippen molar-refractivity contribution in [3.63, 3.8) is 0 Å². The Morgan fingerprint density at radius 2 is 1.41 bits per heavy atom. The van der Waals surface area contributed by atoms with E-state index in [1.807, 2.05) is 0 Å². The molecule has 0 saturated heterocycles. The Labute approximate surface area is 216 Å². The molecule has 0 aromatic heterocycles. The minimum absolute atomic E-state index is 0.0259. The minimum Gasteiger partial charge on any atom is -0.461 e. The van der Waals surface area contributed by atoms with Gasteiger partial charge in [-0.3, -0.25) is 14.2 Å². The second-order valence-corrected chi connectivity index (χ2v) is 10.4. The first-order valence-electron chi connectivity index (χ1n) is 12.1. The summed E-state index contributed by atoms with van der Waals surface area (Å²) in [5, 5.41) is 2.13. The molecule has 1 aliphatic carbocycles. The van der Waals surface area contributed by atoms with Crippen LogP contribution >= 0.6 is 7.60 Å². The highest BCUT2D eigenvalue weighted by Gasteiger charge is 2.29. The third kappa shape index (κ3) is 13.7. The van der Waals surface area contributed by atoms with Crippen molar-refractivity contribution in [2.24, 2.45) is 5.73 Å². The summed E-state index contributed by atoms with van der Waals surface area (Å²) < 4.78 is 21.2. The lowest BCUT2D eigenvalue weighted by Crippen LogP contribution is -2.44. The van der Waals surface area contributed by atoms with E-state index in [4.69, 9.17) is 25.0 Å². The molecule has 1 unspecified atom stereocenters. The molecule has 3 rings (SSSR count). The quantitative estimate of drug-likeness (QED) is 0.265. The summed E-state index contributed by atoms with van der Waals surface area (Å²) in [4.78, 5) is 54.2. The molecule has 0 aliphatic heterocycles. The van der Waals surface area contributed by atoms with Crippen molar-refractivity contribution in [3.8, 4) is 0 Å². The molecule has 202 valence electrons. The Morgan fingerprint density at radius 3 is 1.86 bits per heavy atom. The lowest BCUT2D eigenvalue weighted by Gasteiger charge is -2.17. The van der Waals surface area contributed by atoms with Gasteiger partial charge in [0.15, 0.2) is 0 Å². The van der Waals surface area contributed by atoms with E-state index in [2.05, 4.69) is 5.32 Å². The summed E-state index contributed by atoms with van der Waals surface area (Å²) in [5.41, 5.74) is 7.06. The van der Waals surface area contributed by atoms with Gasteiger partial charge in [0.2, 0.25) is 5.91 Å². The molecule has 11 heteroatoms. The topological polar surface area (TPSA) is 165 Å². The standard InChI is InChI=1S/C20H22NO8P.C6H13N/c22-18(14-30(25,26)27)21-17(20(24)29-13-16-9-5-2-6-10-16)11-19(23)28-12-15-7-3-1-4-8-15;7-6-4-2-1-3-5-6/h1-10,17H,11-14H2,(H,21,22)(H2,25,26,27);6H,1-5,7H2. The number of rotatable bonds is 10. The minimum atomic E-state index is -4.64. The predicted octanol–water partition coefficient (Wildman–Crippen LogP) is 2.80. The van der Waals surface area contributed by atoms with Crippen molar-refractivity contribution in [2.45, 2.75) is 63.8 Å². The molecule has 1 amide bonds. The van der Waals surface area contributed by atoms with Crippen molar-refractivity contribution in [2.75, 3.05) is 6.16 Å². The van der Waals surface area contributed by atoms with Crippen molar-refractivity contribution in [1.29, 1.82) is 0 Å². The number of ether oxygens (including phenoxy) is 2. The van der Waals surface area contributed by atoms with Crippen LogP contribution in [0.4, 0.5) is 0 Å². The second-order valence-electron chi connectivity index (χ2n) is 8.78. The molecule has 5 N–H and O–H groups in total. The lowest BCUT2D eigenvalue weighted by molar-refractivity contribution is -0.155. The zero-order chi connectivity index (χ0) is 27.1. The number of nitrogens with one attached hydrogen (secondary N) is 1. The van der Waals surface area contributed by atoms with Crippen LogP contribution in [-0.2, 0) is 41.6 Å². The number of carbonyl (C=O) groups excluding carboxylic acids is 3. The van der Waals surface area contributed by atoms with Crippen LogP contribution in [0.25, 0.3) is 0 Å². The van der Waals surface area contributed by atoms with E-state index < -0.39 is 44.1 Å². The van der Waals surface area contributed by atoms with Crippen LogP contribution in [0.1, 0.15) is 49.7 Å². The molecule has 0 bridgehead atoms. The third-order valence-electron chi connectivity index (χ3n) is 5.46. The van der Waals surface area contributed by atoms with Crippen LogP contribution in [0.3, 0.4) is 0 Å². The van der Waals surface area contributed by atoms with E-state index in [0.717, 1.165) is 5.56 Å². The van der Waals surface area contributed by atoms with Crippen LogP contribution in [-0.4, -0.2) is 45.9 Å². The SMILES string of the molecule is NC1CCCCC1.O=C(CP(=O)(O)O)NC(CC(=O)OCc1ccccc1)C(=O)OCc1ccccc1. The van der Waals surface area contributed by atoms with Crippen LogP contribution in [0.5, 0.6) is 0 Å². The summed E-state index contributed by atoms with van der Waals surface area (Å²) in [6.45, 7) is -0.120. The van der Waals surface area contributed by atoms with E-state index in [9.17, 15) is 18.9 Å². The summed E-state index contributed by atoms with van der Waals surface area (Å²) >= 11 is 0. The van der Waals surface area contributed by atoms with E-state index in [0.29, 0.717) is 11.6 Å². The van der Waals surface area contributed by atoms with Crippen molar-refractivity contribution < 1.29 is 38.2 Å². The average molecular weight is 535 g/mol. The first-order chi connectivity index (χ1) is 17.6. The van der Waals surface area contributed by atoms with Gasteiger partial charge in [-0.25, -0.2) is 4.79 Å². The fraction of sp³-hybridized carbons (Fsp3) is 0.423. The number of nitrogens with two attached hydrogens (primary N) is 1. The van der Waals surface area contributed by atoms with Crippen LogP contribution < -0.4 is 11.1 Å². The van der Waals surface area contributed by atoms with E-state index in [1.165, 1.54) is 32.1 Å². The monoisotopic (exact) mass is 534 g/mol. The second kappa shape index (κ2) is 15.9. The zero-order valence-electron chi connectivity index (χ0n) is 20.7. The fourth-order valence-electron chi connectivity index (χ4n) is 3.55. The molecule has 2 aromatic carbocycles. The maximum atomic E-state index is 12.4. The molecule has 0 radical (unpaired) electrons. The molecule has 1 aliphatic rings. The summed E-state index contributed by atoms with van der Waals surface area (Å²) in [5.74, 6) is -2.78. The normalized spacial score (nSPS) is 14.5. The number of carbonyl (C=O) groups is 3.